The average molecular weight is 263 g/mol. The quantitative estimate of drug-likeness (QED) is 0.794. The lowest BCUT2D eigenvalue weighted by Gasteiger charge is -2.25. The first kappa shape index (κ1) is 13.4. The number of hydrogen-bond donors (Lipinski definition) is 1. The molecule has 1 aliphatic rings. The molecule has 5 heteroatoms. The topological polar surface area (TPSA) is 66.8 Å². The lowest BCUT2D eigenvalue weighted by Crippen LogP contribution is -2.34. The van der Waals surface area contributed by atoms with Crippen molar-refractivity contribution in [2.45, 2.75) is 31.8 Å². The highest BCUT2D eigenvalue weighted by Crippen LogP contribution is 2.34. The molecule has 2 rings (SSSR count). The maximum atomic E-state index is 11.5. The summed E-state index contributed by atoms with van der Waals surface area (Å²) in [5.41, 5.74) is 1.46. The van der Waals surface area contributed by atoms with Crippen molar-refractivity contribution in [3.63, 3.8) is 0 Å². The predicted molar refractivity (Wildman–Crippen MR) is 69.0 cm³/mol. The lowest BCUT2D eigenvalue weighted by molar-refractivity contribution is -0.147. The van der Waals surface area contributed by atoms with Gasteiger partial charge in [0.25, 0.3) is 0 Å². The van der Waals surface area contributed by atoms with Gasteiger partial charge in [-0.1, -0.05) is 6.07 Å². The highest BCUT2D eigenvalue weighted by molar-refractivity contribution is 5.78. The number of carboxylic acid groups (broad SMARTS) is 1. The summed E-state index contributed by atoms with van der Waals surface area (Å²) in [5.74, 6) is -0.305. The van der Waals surface area contributed by atoms with Gasteiger partial charge in [-0.15, -0.1) is 0 Å². The molecule has 102 valence electrons. The van der Waals surface area contributed by atoms with Gasteiger partial charge in [-0.05, 0) is 43.0 Å². The lowest BCUT2D eigenvalue weighted by atomic mass is 10.0. The Balaban J connectivity index is 2.35. The molecule has 1 N–H and O–H groups in total. The van der Waals surface area contributed by atoms with Crippen molar-refractivity contribution in [2.75, 3.05) is 7.11 Å². The van der Waals surface area contributed by atoms with Crippen molar-refractivity contribution < 1.29 is 19.4 Å². The Kier molecular flexibility index (Phi) is 3.74. The molecule has 1 amide bonds. The van der Waals surface area contributed by atoms with E-state index in [2.05, 4.69) is 0 Å². The third kappa shape index (κ3) is 2.70. The summed E-state index contributed by atoms with van der Waals surface area (Å²) in [6.45, 7) is 1.85. The van der Waals surface area contributed by atoms with Crippen molar-refractivity contribution in [1.82, 2.24) is 4.90 Å². The first-order valence-corrected chi connectivity index (χ1v) is 6.18. The summed E-state index contributed by atoms with van der Waals surface area (Å²) >= 11 is 0. The minimum Gasteiger partial charge on any atom is -0.496 e. The van der Waals surface area contributed by atoms with Gasteiger partial charge in [-0.3, -0.25) is 4.79 Å². The van der Waals surface area contributed by atoms with E-state index in [1.54, 1.807) is 25.3 Å². The smallest absolute Gasteiger partial charge is 0.331 e. The molecule has 1 aliphatic carbocycles. The van der Waals surface area contributed by atoms with Gasteiger partial charge in [0.1, 0.15) is 5.75 Å². The van der Waals surface area contributed by atoms with Gasteiger partial charge < -0.3 is 14.7 Å². The van der Waals surface area contributed by atoms with E-state index in [9.17, 15) is 14.7 Å². The minimum atomic E-state index is -1.01. The second-order valence-corrected chi connectivity index (χ2v) is 4.75. The molecule has 5 nitrogen and oxygen atoms in total. The van der Waals surface area contributed by atoms with Crippen LogP contribution in [0.3, 0.4) is 0 Å². The zero-order chi connectivity index (χ0) is 14.0. The largest absolute Gasteiger partial charge is 0.496 e. The molecule has 0 aliphatic heterocycles. The van der Waals surface area contributed by atoms with E-state index in [1.165, 1.54) is 4.90 Å². The number of benzene rings is 1. The molecule has 0 radical (unpaired) electrons. The van der Waals surface area contributed by atoms with Crippen molar-refractivity contribution >= 4 is 12.4 Å². The normalized spacial score (nSPS) is 15.7. The molecule has 19 heavy (non-hydrogen) atoms. The van der Waals surface area contributed by atoms with E-state index >= 15 is 0 Å². The first-order chi connectivity index (χ1) is 9.08. The molecule has 1 unspecified atom stereocenters. The average Bonchev–Trinajstić information content (AvgIpc) is 3.19. The standard InChI is InChI=1S/C14H17NO4/c1-9-7-10(3-6-12(9)19-2)13(14(17)18)15(8-16)11-4-5-11/h3,6-8,11,13H,4-5H2,1-2H3,(H,17,18). The fourth-order valence-corrected chi connectivity index (χ4v) is 2.24. The van der Waals surface area contributed by atoms with Crippen LogP contribution >= 0.6 is 0 Å². The van der Waals surface area contributed by atoms with Crippen LogP contribution in [0.15, 0.2) is 18.2 Å². The molecule has 1 fully saturated rings. The Bertz CT molecular complexity index is 496. The van der Waals surface area contributed by atoms with E-state index in [-0.39, 0.29) is 6.04 Å². The van der Waals surface area contributed by atoms with Crippen LogP contribution in [0.4, 0.5) is 0 Å². The van der Waals surface area contributed by atoms with E-state index in [0.29, 0.717) is 17.7 Å². The Morgan fingerprint density at radius 2 is 2.21 bits per heavy atom. The molecule has 0 saturated heterocycles. The van der Waals surface area contributed by atoms with Crippen molar-refractivity contribution in [2.24, 2.45) is 0 Å². The highest BCUT2D eigenvalue weighted by atomic mass is 16.5. The van der Waals surface area contributed by atoms with Crippen LogP contribution in [0.25, 0.3) is 0 Å². The summed E-state index contributed by atoms with van der Waals surface area (Å²) < 4.78 is 5.16. The minimum absolute atomic E-state index is 0.0565. The summed E-state index contributed by atoms with van der Waals surface area (Å²) in [4.78, 5) is 24.0. The maximum absolute atomic E-state index is 11.5. The van der Waals surface area contributed by atoms with Crippen molar-refractivity contribution in [3.8, 4) is 5.75 Å². The number of aliphatic carboxylic acids is 1. The molecule has 1 saturated carbocycles. The fourth-order valence-electron chi connectivity index (χ4n) is 2.24. The maximum Gasteiger partial charge on any atom is 0.331 e. The van der Waals surface area contributed by atoms with Crippen molar-refractivity contribution in [3.05, 3.63) is 29.3 Å². The summed E-state index contributed by atoms with van der Waals surface area (Å²) in [6.07, 6.45) is 2.38. The number of rotatable bonds is 6. The SMILES string of the molecule is COc1ccc(C(C(=O)O)N(C=O)C2CC2)cc1C. The number of carbonyl (C=O) groups excluding carboxylic acids is 1. The Hall–Kier alpha value is -2.04. The van der Waals surface area contributed by atoms with Gasteiger partial charge in [0.15, 0.2) is 6.04 Å². The van der Waals surface area contributed by atoms with Crippen LogP contribution in [-0.2, 0) is 9.59 Å². The van der Waals surface area contributed by atoms with Gasteiger partial charge in [0, 0.05) is 6.04 Å². The third-order valence-electron chi connectivity index (χ3n) is 3.36. The molecular formula is C14H17NO4. The third-order valence-corrected chi connectivity index (χ3v) is 3.36. The molecular weight excluding hydrogens is 246 g/mol. The van der Waals surface area contributed by atoms with Crippen LogP contribution < -0.4 is 4.74 Å². The molecule has 0 aromatic heterocycles. The Morgan fingerprint density at radius 3 is 2.63 bits per heavy atom. The number of amides is 1. The van der Waals surface area contributed by atoms with Crippen LogP contribution in [-0.4, -0.2) is 35.5 Å². The number of hydrogen-bond acceptors (Lipinski definition) is 3. The summed E-state index contributed by atoms with van der Waals surface area (Å²) in [5, 5.41) is 9.39. The molecule has 1 aromatic rings. The monoisotopic (exact) mass is 263 g/mol. The second-order valence-electron chi connectivity index (χ2n) is 4.75. The molecule has 0 bridgehead atoms. The summed E-state index contributed by atoms with van der Waals surface area (Å²) in [7, 11) is 1.57. The molecule has 1 aromatic carbocycles. The number of aryl methyl sites for hydroxylation is 1. The Labute approximate surface area is 111 Å². The van der Waals surface area contributed by atoms with Crippen molar-refractivity contribution in [1.29, 1.82) is 0 Å². The Morgan fingerprint density at radius 1 is 1.53 bits per heavy atom. The van der Waals surface area contributed by atoms with Crippen LogP contribution in [0.1, 0.15) is 30.0 Å². The number of ether oxygens (including phenoxy) is 1. The zero-order valence-electron chi connectivity index (χ0n) is 11.0. The van der Waals surface area contributed by atoms with Crippen LogP contribution in [0.2, 0.25) is 0 Å². The van der Waals surface area contributed by atoms with E-state index < -0.39 is 12.0 Å². The second kappa shape index (κ2) is 5.30. The predicted octanol–water partition coefficient (Wildman–Crippen LogP) is 1.75. The van der Waals surface area contributed by atoms with E-state index in [1.807, 2.05) is 6.92 Å². The van der Waals surface area contributed by atoms with E-state index in [4.69, 9.17) is 4.74 Å². The first-order valence-electron chi connectivity index (χ1n) is 6.18. The van der Waals surface area contributed by atoms with Gasteiger partial charge in [-0.25, -0.2) is 4.79 Å². The van der Waals surface area contributed by atoms with Gasteiger partial charge in [0.05, 0.1) is 7.11 Å². The fraction of sp³-hybridized carbons (Fsp3) is 0.429. The molecule has 0 heterocycles. The molecule has 1 atom stereocenters. The highest BCUT2D eigenvalue weighted by Gasteiger charge is 2.37. The van der Waals surface area contributed by atoms with Gasteiger partial charge in [-0.2, -0.15) is 0 Å². The van der Waals surface area contributed by atoms with Crippen LogP contribution in [0, 0.1) is 6.92 Å². The summed E-state index contributed by atoms with van der Waals surface area (Å²) in [6, 6.07) is 4.33. The number of carboxylic acids is 1. The molecule has 0 spiro atoms. The number of nitrogens with zero attached hydrogens (tertiary/aromatic N) is 1. The number of methoxy groups -OCH3 is 1. The van der Waals surface area contributed by atoms with Crippen LogP contribution in [0.5, 0.6) is 5.75 Å². The van der Waals surface area contributed by atoms with E-state index in [0.717, 1.165) is 18.4 Å². The van der Waals surface area contributed by atoms with Gasteiger partial charge in [0.2, 0.25) is 6.41 Å². The number of carbonyl (C=O) groups is 2. The van der Waals surface area contributed by atoms with Gasteiger partial charge >= 0.3 is 5.97 Å². The zero-order valence-corrected chi connectivity index (χ0v) is 11.0.